The molecule has 11 heteroatoms. The van der Waals surface area contributed by atoms with Gasteiger partial charge >= 0.3 is 0 Å². The van der Waals surface area contributed by atoms with Crippen molar-refractivity contribution in [3.05, 3.63) is 28.2 Å². The van der Waals surface area contributed by atoms with Crippen molar-refractivity contribution in [1.29, 1.82) is 5.26 Å². The van der Waals surface area contributed by atoms with E-state index in [1.807, 2.05) is 0 Å². The van der Waals surface area contributed by atoms with E-state index < -0.39 is 49.4 Å². The van der Waals surface area contributed by atoms with Gasteiger partial charge in [-0.05, 0) is 68.6 Å². The topological polar surface area (TPSA) is 104 Å². The molecule has 29 heavy (non-hydrogen) atoms. The number of nitrogens with zero attached hydrogens (tertiary/aromatic N) is 2. The molecule has 2 heterocycles. The van der Waals surface area contributed by atoms with E-state index in [-0.39, 0.29) is 16.0 Å². The molecule has 6 nitrogen and oxygen atoms in total. The second kappa shape index (κ2) is 8.94. The summed E-state index contributed by atoms with van der Waals surface area (Å²) in [4.78, 5) is 4.12. The van der Waals surface area contributed by atoms with Gasteiger partial charge in [-0.25, -0.2) is 13.8 Å². The van der Waals surface area contributed by atoms with Crippen molar-refractivity contribution < 1.29 is 17.9 Å². The molecule has 0 bridgehead atoms. The summed E-state index contributed by atoms with van der Waals surface area (Å²) < 4.78 is 57.9. The summed E-state index contributed by atoms with van der Waals surface area (Å²) in [5, 5.41) is 9.74. The van der Waals surface area contributed by atoms with E-state index in [9.17, 15) is 23.1 Å². The van der Waals surface area contributed by atoms with Crippen molar-refractivity contribution in [2.45, 2.75) is 55.6 Å². The number of nitriles is 1. The molecule has 1 aliphatic rings. The maximum Gasteiger partial charge on any atom is 0.147 e. The van der Waals surface area contributed by atoms with Crippen LogP contribution < -0.4 is 9.44 Å². The van der Waals surface area contributed by atoms with Crippen molar-refractivity contribution in [2.24, 2.45) is 0 Å². The number of aromatic nitrogens is 1. The standard InChI is InChI=1S/C18H27BrF2N4O2S2/c1-16(2,3)28(26)25-18(10-20,15-13(21)6-7-14(19)24-15)12-29(27)17(4,11-22)8-5-9-23-29/h6-7,23,25,27H,5,8-10,12H2,1-4H3/t17-,18-,28+/m0/s1. The molecular formula is C18H27BrF2N4O2S2. The number of alkyl halides is 1. The van der Waals surface area contributed by atoms with E-state index in [0.29, 0.717) is 19.4 Å². The summed E-state index contributed by atoms with van der Waals surface area (Å²) >= 11 is 1.38. The van der Waals surface area contributed by atoms with Gasteiger partial charge in [0, 0.05) is 23.7 Å². The Morgan fingerprint density at radius 2 is 2.17 bits per heavy atom. The minimum atomic E-state index is -2.94. The smallest absolute Gasteiger partial charge is 0.147 e. The van der Waals surface area contributed by atoms with Gasteiger partial charge < -0.3 is 9.11 Å². The highest BCUT2D eigenvalue weighted by Crippen LogP contribution is 2.59. The van der Waals surface area contributed by atoms with Crippen LogP contribution in [0.25, 0.3) is 0 Å². The van der Waals surface area contributed by atoms with Crippen molar-refractivity contribution >= 4 is 37.8 Å². The number of rotatable bonds is 6. The van der Waals surface area contributed by atoms with Crippen LogP contribution in [0.15, 0.2) is 16.7 Å². The molecule has 1 aromatic rings. The van der Waals surface area contributed by atoms with Gasteiger partial charge in [-0.15, -0.1) is 4.72 Å². The highest BCUT2D eigenvalue weighted by atomic mass is 79.9. The molecule has 164 valence electrons. The first-order valence-corrected chi connectivity index (χ1v) is 12.8. The first kappa shape index (κ1) is 24.8. The van der Waals surface area contributed by atoms with E-state index in [1.165, 1.54) is 6.07 Å². The maximum atomic E-state index is 14.8. The second-order valence-corrected chi connectivity index (χ2v) is 14.0. The SMILES string of the molecule is CC(C)(C)[S@@+]([O-])N[C@@](CF)(C[S@]1(O)NCCC[C@@]1(C)C#N)c1nc(Br)ccc1F. The Kier molecular flexibility index (Phi) is 7.64. The largest absolute Gasteiger partial charge is 0.598 e. The fraction of sp³-hybridized carbons (Fsp3) is 0.667. The van der Waals surface area contributed by atoms with Crippen molar-refractivity contribution in [1.82, 2.24) is 14.4 Å². The molecule has 3 N–H and O–H groups in total. The van der Waals surface area contributed by atoms with Crippen LogP contribution in [-0.4, -0.2) is 42.6 Å². The molecule has 0 aromatic carbocycles. The Morgan fingerprint density at radius 3 is 2.72 bits per heavy atom. The normalized spacial score (nSPS) is 28.4. The fourth-order valence-corrected chi connectivity index (χ4v) is 7.19. The average Bonchev–Trinajstić information content (AvgIpc) is 2.65. The Morgan fingerprint density at radius 1 is 1.52 bits per heavy atom. The number of nitrogens with one attached hydrogen (secondary N) is 2. The van der Waals surface area contributed by atoms with Gasteiger partial charge in [-0.2, -0.15) is 5.26 Å². The number of pyridine rings is 1. The highest BCUT2D eigenvalue weighted by molar-refractivity contribution is 9.10. The summed E-state index contributed by atoms with van der Waals surface area (Å²) in [6, 6.07) is 4.67. The second-order valence-electron chi connectivity index (χ2n) is 8.35. The molecule has 1 fully saturated rings. The summed E-state index contributed by atoms with van der Waals surface area (Å²) in [5.41, 5.74) is -2.18. The Hall–Kier alpha value is -0.480. The number of hydrogen-bond donors (Lipinski definition) is 3. The third-order valence-corrected chi connectivity index (χ3v) is 10.5. The predicted molar refractivity (Wildman–Crippen MR) is 117 cm³/mol. The third kappa shape index (κ3) is 5.06. The fourth-order valence-electron chi connectivity index (χ4n) is 3.05. The van der Waals surface area contributed by atoms with E-state index in [4.69, 9.17) is 0 Å². The molecule has 1 aromatic heterocycles. The quantitative estimate of drug-likeness (QED) is 0.392. The lowest BCUT2D eigenvalue weighted by atomic mass is 9.99. The lowest BCUT2D eigenvalue weighted by molar-refractivity contribution is 0.288. The van der Waals surface area contributed by atoms with Gasteiger partial charge in [0.25, 0.3) is 0 Å². The molecule has 1 aliphatic heterocycles. The zero-order valence-electron chi connectivity index (χ0n) is 16.9. The van der Waals surface area contributed by atoms with Crippen LogP contribution in [0, 0.1) is 17.1 Å². The molecule has 4 atom stereocenters. The van der Waals surface area contributed by atoms with Crippen LogP contribution in [0.5, 0.6) is 0 Å². The van der Waals surface area contributed by atoms with Crippen LogP contribution in [0.4, 0.5) is 8.78 Å². The molecule has 0 amide bonds. The minimum absolute atomic E-state index is 0.275. The first-order valence-electron chi connectivity index (χ1n) is 9.10. The van der Waals surface area contributed by atoms with Crippen LogP contribution in [0.2, 0.25) is 0 Å². The van der Waals surface area contributed by atoms with Gasteiger partial charge in [0.1, 0.15) is 37.8 Å². The summed E-state index contributed by atoms with van der Waals surface area (Å²) in [7, 11) is -2.94. The Bertz CT molecular complexity index is 794. The van der Waals surface area contributed by atoms with E-state index in [2.05, 4.69) is 36.4 Å². The molecule has 0 aliphatic carbocycles. The molecule has 1 saturated heterocycles. The Balaban J connectivity index is 2.63. The Labute approximate surface area is 184 Å². The summed E-state index contributed by atoms with van der Waals surface area (Å²) in [6.07, 6.45) is 1.09. The number of halogens is 3. The van der Waals surface area contributed by atoms with Crippen LogP contribution in [0.1, 0.15) is 46.2 Å². The monoisotopic (exact) mass is 512 g/mol. The van der Waals surface area contributed by atoms with Crippen LogP contribution in [-0.2, 0) is 16.9 Å². The van der Waals surface area contributed by atoms with Gasteiger partial charge in [0.15, 0.2) is 0 Å². The van der Waals surface area contributed by atoms with Crippen molar-refractivity contribution in [3.63, 3.8) is 0 Å². The van der Waals surface area contributed by atoms with Crippen LogP contribution >= 0.6 is 26.4 Å². The molecule has 0 saturated carbocycles. The van der Waals surface area contributed by atoms with E-state index in [0.717, 1.165) is 6.07 Å². The van der Waals surface area contributed by atoms with Gasteiger partial charge in [-0.3, -0.25) is 4.72 Å². The molecule has 2 rings (SSSR count). The van der Waals surface area contributed by atoms with Crippen molar-refractivity contribution in [3.8, 4) is 6.07 Å². The lowest BCUT2D eigenvalue weighted by Gasteiger charge is -2.52. The van der Waals surface area contributed by atoms with E-state index >= 15 is 0 Å². The van der Waals surface area contributed by atoms with Gasteiger partial charge in [0.05, 0.1) is 6.07 Å². The van der Waals surface area contributed by atoms with Gasteiger partial charge in [-0.1, -0.05) is 10.5 Å². The predicted octanol–water partition coefficient (Wildman–Crippen LogP) is 4.06. The molecule has 0 spiro atoms. The molecular weight excluding hydrogens is 486 g/mol. The zero-order chi connectivity index (χ0) is 22.1. The molecule has 0 unspecified atom stereocenters. The zero-order valence-corrected chi connectivity index (χ0v) is 20.1. The molecule has 0 radical (unpaired) electrons. The number of hydrogen-bond acceptors (Lipinski definition) is 6. The maximum absolute atomic E-state index is 14.8. The lowest BCUT2D eigenvalue weighted by Crippen LogP contribution is -2.59. The third-order valence-electron chi connectivity index (χ3n) is 4.95. The highest BCUT2D eigenvalue weighted by Gasteiger charge is 2.54. The van der Waals surface area contributed by atoms with Crippen LogP contribution in [0.3, 0.4) is 0 Å². The summed E-state index contributed by atoms with van der Waals surface area (Å²) in [5.74, 6) is -1.15. The summed E-state index contributed by atoms with van der Waals surface area (Å²) in [6.45, 7) is 5.98. The van der Waals surface area contributed by atoms with Crippen molar-refractivity contribution in [2.75, 3.05) is 19.0 Å². The van der Waals surface area contributed by atoms with Gasteiger partial charge in [0.2, 0.25) is 0 Å². The van der Waals surface area contributed by atoms with E-state index in [1.54, 1.807) is 27.7 Å². The minimum Gasteiger partial charge on any atom is -0.598 e. The average molecular weight is 513 g/mol. The first-order chi connectivity index (χ1) is 13.3.